The van der Waals surface area contributed by atoms with Crippen LogP contribution in [-0.2, 0) is 21.6 Å². The predicted molar refractivity (Wildman–Crippen MR) is 68.6 cm³/mol. The number of alkyl halides is 3. The normalized spacial score (nSPS) is 62.5. The van der Waals surface area contributed by atoms with Crippen LogP contribution in [0.5, 0.6) is 0 Å². The lowest BCUT2D eigenvalue weighted by Crippen LogP contribution is -2.47. The Morgan fingerprint density at radius 2 is 1.81 bits per heavy atom. The summed E-state index contributed by atoms with van der Waals surface area (Å²) in [4.78, 5) is 0. The first kappa shape index (κ1) is 12.0. The molecule has 0 N–H and O–H groups in total. The highest BCUT2D eigenvalue weighted by Crippen LogP contribution is 2.69. The fourth-order valence-corrected chi connectivity index (χ4v) is 8.96. The summed E-state index contributed by atoms with van der Waals surface area (Å²) in [6.07, 6.45) is 4.54. The number of allylic oxidation sites excluding steroid dienone is 1. The maximum Gasteiger partial charge on any atom is 0.171 e. The van der Waals surface area contributed by atoms with Crippen LogP contribution < -0.4 is 0 Å². The van der Waals surface area contributed by atoms with Crippen molar-refractivity contribution in [2.45, 2.75) is 12.6 Å². The Hall–Kier alpha value is 0.940. The van der Waals surface area contributed by atoms with Gasteiger partial charge in [0.25, 0.3) is 0 Å². The van der Waals surface area contributed by atoms with Crippen LogP contribution in [0.3, 0.4) is 0 Å². The third kappa shape index (κ3) is 0.962. The van der Waals surface area contributed by atoms with E-state index in [1.54, 1.807) is 6.08 Å². The maximum absolute atomic E-state index is 12.2. The molecule has 1 fully saturated rings. The summed E-state index contributed by atoms with van der Waals surface area (Å²) in [5.41, 5.74) is 0. The van der Waals surface area contributed by atoms with Gasteiger partial charge in [-0.3, -0.25) is 8.42 Å². The minimum absolute atomic E-state index is 0.121. The Morgan fingerprint density at radius 3 is 2.38 bits per heavy atom. The number of fused-ring (bicyclic) bond motifs is 5. The molecule has 6 atom stereocenters. The molecule has 88 valence electrons. The SMILES string of the molecule is O=S1C2(Cl)C=C[C@]1(Cl)[C@@]1(Cl)[C@@H]2C=C(Cl)[S@]1=O. The molecule has 0 aromatic carbocycles. The highest BCUT2D eigenvalue weighted by atomic mass is 35.5. The van der Waals surface area contributed by atoms with Crippen molar-refractivity contribution in [3.8, 4) is 0 Å². The van der Waals surface area contributed by atoms with Crippen molar-refractivity contribution in [2.75, 3.05) is 0 Å². The first-order valence-electron chi connectivity index (χ1n) is 4.27. The first-order chi connectivity index (χ1) is 7.28. The Morgan fingerprint density at radius 1 is 1.19 bits per heavy atom. The topological polar surface area (TPSA) is 34.1 Å². The minimum Gasteiger partial charge on any atom is -0.255 e. The summed E-state index contributed by atoms with van der Waals surface area (Å²) in [6, 6.07) is 0. The van der Waals surface area contributed by atoms with E-state index in [0.29, 0.717) is 0 Å². The molecule has 2 unspecified atom stereocenters. The molecule has 0 amide bonds. The van der Waals surface area contributed by atoms with E-state index in [4.69, 9.17) is 46.4 Å². The van der Waals surface area contributed by atoms with Crippen molar-refractivity contribution < 1.29 is 8.42 Å². The summed E-state index contributed by atoms with van der Waals surface area (Å²) in [7, 11) is -3.32. The predicted octanol–water partition coefficient (Wildman–Crippen LogP) is 2.58. The number of halogens is 4. The van der Waals surface area contributed by atoms with Gasteiger partial charge in [0.2, 0.25) is 0 Å². The highest BCUT2D eigenvalue weighted by Gasteiger charge is 2.79. The van der Waals surface area contributed by atoms with Crippen molar-refractivity contribution >= 4 is 68.0 Å². The van der Waals surface area contributed by atoms with E-state index >= 15 is 0 Å². The Balaban J connectivity index is 2.33. The van der Waals surface area contributed by atoms with E-state index in [0.717, 1.165) is 0 Å². The summed E-state index contributed by atoms with van der Waals surface area (Å²) in [5.74, 6) is -0.583. The molecule has 0 spiro atoms. The lowest BCUT2D eigenvalue weighted by atomic mass is 9.93. The number of hydrogen-bond donors (Lipinski definition) is 0. The van der Waals surface area contributed by atoms with E-state index in [9.17, 15) is 8.42 Å². The standard InChI is InChI=1S/C8H4Cl4O2S2/c9-5-3-4-6(10)1-2-7(11,16(6)14)8(4,12)15(5)13/h1-4H/t4-,6?,7-,8-,15-,16?/m1/s1. The summed E-state index contributed by atoms with van der Waals surface area (Å²) in [6.45, 7) is 0. The number of rotatable bonds is 0. The number of hydrogen-bond acceptors (Lipinski definition) is 2. The lowest BCUT2D eigenvalue weighted by Gasteiger charge is -2.32. The molecule has 0 radical (unpaired) electrons. The third-order valence-corrected chi connectivity index (χ3v) is 10.3. The second-order valence-corrected chi connectivity index (χ2v) is 10.4. The van der Waals surface area contributed by atoms with Gasteiger partial charge in [0.15, 0.2) is 8.41 Å². The molecular formula is C8H4Cl4O2S2. The van der Waals surface area contributed by atoms with Crippen molar-refractivity contribution in [1.29, 1.82) is 0 Å². The van der Waals surface area contributed by atoms with Crippen LogP contribution in [0.15, 0.2) is 22.6 Å². The van der Waals surface area contributed by atoms with Crippen molar-refractivity contribution in [1.82, 2.24) is 0 Å². The largest absolute Gasteiger partial charge is 0.255 e. The Labute approximate surface area is 117 Å². The molecule has 8 heteroatoms. The minimum atomic E-state index is -1.69. The zero-order valence-electron chi connectivity index (χ0n) is 7.45. The van der Waals surface area contributed by atoms with Gasteiger partial charge in [0.1, 0.15) is 8.57 Å². The molecule has 0 saturated carbocycles. The second-order valence-electron chi connectivity index (χ2n) is 3.81. The third-order valence-electron chi connectivity index (χ3n) is 3.11. The molecule has 0 aromatic heterocycles. The van der Waals surface area contributed by atoms with E-state index in [-0.39, 0.29) is 4.36 Å². The van der Waals surface area contributed by atoms with E-state index < -0.39 is 40.1 Å². The molecule has 16 heavy (non-hydrogen) atoms. The van der Waals surface area contributed by atoms with Crippen LogP contribution in [0, 0.1) is 5.92 Å². The zero-order chi connectivity index (χ0) is 11.9. The van der Waals surface area contributed by atoms with Gasteiger partial charge in [-0.25, -0.2) is 0 Å². The van der Waals surface area contributed by atoms with Gasteiger partial charge in [0, 0.05) is 5.92 Å². The van der Waals surface area contributed by atoms with Crippen LogP contribution in [-0.4, -0.2) is 21.0 Å². The van der Waals surface area contributed by atoms with Crippen LogP contribution >= 0.6 is 46.4 Å². The fraction of sp³-hybridized carbons (Fsp3) is 0.500. The van der Waals surface area contributed by atoms with Crippen LogP contribution in [0.1, 0.15) is 0 Å². The molecule has 3 heterocycles. The van der Waals surface area contributed by atoms with Crippen LogP contribution in [0.4, 0.5) is 0 Å². The average Bonchev–Trinajstić information content (AvgIpc) is 2.66. The van der Waals surface area contributed by atoms with Gasteiger partial charge in [-0.15, -0.1) is 0 Å². The first-order valence-corrected chi connectivity index (χ1v) is 8.08. The molecule has 1 saturated heterocycles. The fourth-order valence-electron chi connectivity index (χ4n) is 2.29. The van der Waals surface area contributed by atoms with Gasteiger partial charge in [-0.05, 0) is 12.2 Å². The van der Waals surface area contributed by atoms with Gasteiger partial charge < -0.3 is 0 Å². The Kier molecular flexibility index (Phi) is 2.32. The second kappa shape index (κ2) is 3.09. The van der Waals surface area contributed by atoms with Gasteiger partial charge in [0.05, 0.1) is 21.6 Å². The summed E-state index contributed by atoms with van der Waals surface area (Å²) < 4.78 is 20.3. The molecule has 0 aliphatic carbocycles. The quantitative estimate of drug-likeness (QED) is 0.503. The average molecular weight is 338 g/mol. The van der Waals surface area contributed by atoms with Gasteiger partial charge >= 0.3 is 0 Å². The van der Waals surface area contributed by atoms with Gasteiger partial charge in [-0.2, -0.15) is 0 Å². The van der Waals surface area contributed by atoms with Crippen molar-refractivity contribution in [3.05, 3.63) is 22.6 Å². The smallest absolute Gasteiger partial charge is 0.171 e. The van der Waals surface area contributed by atoms with Crippen LogP contribution in [0.2, 0.25) is 0 Å². The molecule has 3 rings (SSSR count). The van der Waals surface area contributed by atoms with E-state index in [1.165, 1.54) is 12.2 Å². The molecule has 2 bridgehead atoms. The van der Waals surface area contributed by atoms with Crippen LogP contribution in [0.25, 0.3) is 0 Å². The highest BCUT2D eigenvalue weighted by molar-refractivity contribution is 7.98. The molecule has 3 aliphatic heterocycles. The maximum atomic E-state index is 12.2. The van der Waals surface area contributed by atoms with Crippen molar-refractivity contribution in [2.24, 2.45) is 5.92 Å². The van der Waals surface area contributed by atoms with Crippen molar-refractivity contribution in [3.63, 3.8) is 0 Å². The zero-order valence-corrected chi connectivity index (χ0v) is 12.1. The van der Waals surface area contributed by atoms with Gasteiger partial charge in [-0.1, -0.05) is 52.5 Å². The van der Waals surface area contributed by atoms with E-state index in [2.05, 4.69) is 0 Å². The summed E-state index contributed by atoms with van der Waals surface area (Å²) >= 11 is 24.7. The monoisotopic (exact) mass is 336 g/mol. The van der Waals surface area contributed by atoms with E-state index in [1.807, 2.05) is 0 Å². The molecule has 3 aliphatic rings. The molecular weight excluding hydrogens is 334 g/mol. The molecule has 0 aromatic rings. The Bertz CT molecular complexity index is 518. The summed E-state index contributed by atoms with van der Waals surface area (Å²) in [5, 5.41) is 0. The lowest BCUT2D eigenvalue weighted by molar-refractivity contribution is 0.555. The molecule has 2 nitrogen and oxygen atoms in total.